The van der Waals surface area contributed by atoms with Crippen LogP contribution < -0.4 is 0 Å². The van der Waals surface area contributed by atoms with E-state index in [0.717, 1.165) is 21.6 Å². The predicted octanol–water partition coefficient (Wildman–Crippen LogP) is 4.40. The first-order valence-electron chi connectivity index (χ1n) is 11.2. The van der Waals surface area contributed by atoms with E-state index in [1.807, 2.05) is 91.9 Å². The molecule has 3 aromatic rings. The van der Waals surface area contributed by atoms with Crippen LogP contribution in [0.3, 0.4) is 0 Å². The molecule has 0 bridgehead atoms. The molecule has 2 heterocycles. The van der Waals surface area contributed by atoms with Gasteiger partial charge in [-0.1, -0.05) is 78.4 Å². The second-order valence-corrected chi connectivity index (χ2v) is 10.0. The fourth-order valence-electron chi connectivity index (χ4n) is 4.09. The molecule has 33 heavy (non-hydrogen) atoms. The normalized spacial score (nSPS) is 25.4. The number of ether oxygens (including phenoxy) is 4. The SMILES string of the molecule is Cc1ccc(S(=O)[C@@H]2O[C@@H]([C@@H](COCc3ccccc3)OCc3ccccc3)[C@H]3O[C@H]32)cc1. The molecule has 5 nitrogen and oxygen atoms in total. The third-order valence-electron chi connectivity index (χ3n) is 5.98. The standard InChI is InChI=1S/C27H28O5S/c1-19-12-14-22(15-13-19)33(28)27-26-25(31-26)24(32-27)23(30-17-21-10-6-3-7-11-21)18-29-16-20-8-4-2-5-9-20/h2-15,23-27H,16-18H2,1H3/t23-,24+,25-,26-,27+,33?/m1/s1. The van der Waals surface area contributed by atoms with Crippen molar-refractivity contribution in [3.63, 3.8) is 0 Å². The lowest BCUT2D eigenvalue weighted by atomic mass is 10.1. The molecule has 0 aliphatic carbocycles. The third kappa shape index (κ3) is 5.42. The highest BCUT2D eigenvalue weighted by Crippen LogP contribution is 2.43. The van der Waals surface area contributed by atoms with Gasteiger partial charge in [0, 0.05) is 4.90 Å². The van der Waals surface area contributed by atoms with Crippen LogP contribution in [-0.4, -0.2) is 40.7 Å². The van der Waals surface area contributed by atoms with Gasteiger partial charge in [-0.25, -0.2) is 0 Å². The molecule has 3 aromatic carbocycles. The zero-order chi connectivity index (χ0) is 22.6. The smallest absolute Gasteiger partial charge is 0.166 e. The molecular weight excluding hydrogens is 436 g/mol. The minimum atomic E-state index is -1.31. The van der Waals surface area contributed by atoms with E-state index < -0.39 is 16.2 Å². The Morgan fingerprint density at radius 2 is 1.45 bits per heavy atom. The van der Waals surface area contributed by atoms with Crippen LogP contribution in [0.4, 0.5) is 0 Å². The average Bonchev–Trinajstić information content (AvgIpc) is 3.56. The highest BCUT2D eigenvalue weighted by molar-refractivity contribution is 7.85. The molecular formula is C27H28O5S. The molecule has 5 rings (SSSR count). The third-order valence-corrected chi connectivity index (χ3v) is 7.51. The Morgan fingerprint density at radius 1 is 0.818 bits per heavy atom. The van der Waals surface area contributed by atoms with Crippen molar-refractivity contribution in [2.24, 2.45) is 0 Å². The minimum Gasteiger partial charge on any atom is -0.374 e. The lowest BCUT2D eigenvalue weighted by Crippen LogP contribution is -2.38. The van der Waals surface area contributed by atoms with Gasteiger partial charge in [-0.3, -0.25) is 4.21 Å². The number of rotatable bonds is 10. The minimum absolute atomic E-state index is 0.120. The molecule has 2 fully saturated rings. The van der Waals surface area contributed by atoms with Gasteiger partial charge in [0.05, 0.1) is 30.6 Å². The van der Waals surface area contributed by atoms with Crippen LogP contribution in [0, 0.1) is 6.92 Å². The summed E-state index contributed by atoms with van der Waals surface area (Å²) in [5.41, 5.74) is 2.81. The van der Waals surface area contributed by atoms with Crippen LogP contribution in [0.15, 0.2) is 89.8 Å². The molecule has 0 N–H and O–H groups in total. The number of aryl methyl sites for hydroxylation is 1. The quantitative estimate of drug-likeness (QED) is 0.417. The zero-order valence-electron chi connectivity index (χ0n) is 18.5. The first-order chi connectivity index (χ1) is 16.2. The average molecular weight is 465 g/mol. The fraction of sp³-hybridized carbons (Fsp3) is 0.333. The number of fused-ring (bicyclic) bond motifs is 1. The summed E-state index contributed by atoms with van der Waals surface area (Å²) < 4.78 is 37.6. The highest BCUT2D eigenvalue weighted by atomic mass is 32.2. The van der Waals surface area contributed by atoms with E-state index in [2.05, 4.69) is 0 Å². The maximum atomic E-state index is 13.2. The van der Waals surface area contributed by atoms with Gasteiger partial charge in [0.2, 0.25) is 0 Å². The number of epoxide rings is 1. The molecule has 0 spiro atoms. The summed E-state index contributed by atoms with van der Waals surface area (Å²) in [7, 11) is -1.31. The van der Waals surface area contributed by atoms with Crippen LogP contribution in [-0.2, 0) is 43.0 Å². The van der Waals surface area contributed by atoms with E-state index in [0.29, 0.717) is 19.8 Å². The van der Waals surface area contributed by atoms with Crippen LogP contribution in [0.2, 0.25) is 0 Å². The molecule has 0 amide bonds. The first-order valence-corrected chi connectivity index (χ1v) is 12.5. The summed E-state index contributed by atoms with van der Waals surface area (Å²) in [4.78, 5) is 0.752. The van der Waals surface area contributed by atoms with Crippen LogP contribution in [0.5, 0.6) is 0 Å². The Balaban J connectivity index is 1.26. The Kier molecular flexibility index (Phi) is 6.99. The lowest BCUT2D eigenvalue weighted by Gasteiger charge is -2.26. The zero-order valence-corrected chi connectivity index (χ0v) is 19.4. The summed E-state index contributed by atoms with van der Waals surface area (Å²) in [5, 5.41) is 0. The van der Waals surface area contributed by atoms with Crippen molar-refractivity contribution >= 4 is 10.8 Å². The molecule has 0 radical (unpaired) electrons. The summed E-state index contributed by atoms with van der Waals surface area (Å²) >= 11 is 0. The molecule has 172 valence electrons. The van der Waals surface area contributed by atoms with Gasteiger partial charge < -0.3 is 18.9 Å². The summed E-state index contributed by atoms with van der Waals surface area (Å²) in [6.45, 7) is 3.32. The Morgan fingerprint density at radius 3 is 2.12 bits per heavy atom. The van der Waals surface area contributed by atoms with Gasteiger partial charge >= 0.3 is 0 Å². The molecule has 2 aliphatic rings. The molecule has 2 saturated heterocycles. The molecule has 1 unspecified atom stereocenters. The van der Waals surface area contributed by atoms with Crippen LogP contribution in [0.1, 0.15) is 16.7 Å². The molecule has 0 aromatic heterocycles. The maximum Gasteiger partial charge on any atom is 0.166 e. The van der Waals surface area contributed by atoms with E-state index in [9.17, 15) is 4.21 Å². The highest BCUT2D eigenvalue weighted by Gasteiger charge is 2.62. The lowest BCUT2D eigenvalue weighted by molar-refractivity contribution is -0.122. The molecule has 2 aliphatic heterocycles. The Hall–Kier alpha value is -2.35. The molecule has 6 heteroatoms. The van der Waals surface area contributed by atoms with Crippen molar-refractivity contribution in [2.75, 3.05) is 6.61 Å². The van der Waals surface area contributed by atoms with Crippen LogP contribution in [0.25, 0.3) is 0 Å². The second-order valence-electron chi connectivity index (χ2n) is 8.48. The fourth-order valence-corrected chi connectivity index (χ4v) is 5.45. The van der Waals surface area contributed by atoms with E-state index >= 15 is 0 Å². The van der Waals surface area contributed by atoms with Crippen molar-refractivity contribution < 1.29 is 23.2 Å². The molecule has 6 atom stereocenters. The second kappa shape index (κ2) is 10.3. The van der Waals surface area contributed by atoms with E-state index in [1.54, 1.807) is 0 Å². The van der Waals surface area contributed by atoms with Crippen molar-refractivity contribution in [3.8, 4) is 0 Å². The van der Waals surface area contributed by atoms with E-state index in [4.69, 9.17) is 18.9 Å². The van der Waals surface area contributed by atoms with Crippen molar-refractivity contribution in [1.29, 1.82) is 0 Å². The van der Waals surface area contributed by atoms with Gasteiger partial charge in [-0.05, 0) is 30.2 Å². The van der Waals surface area contributed by atoms with E-state index in [1.165, 1.54) is 0 Å². The summed E-state index contributed by atoms with van der Waals surface area (Å²) in [5.74, 6) is 0. The van der Waals surface area contributed by atoms with Gasteiger partial charge in [0.1, 0.15) is 24.4 Å². The van der Waals surface area contributed by atoms with Gasteiger partial charge in [0.15, 0.2) is 5.44 Å². The topological polar surface area (TPSA) is 57.3 Å². The summed E-state index contributed by atoms with van der Waals surface area (Å²) in [6.07, 6.45) is -0.947. The number of benzene rings is 3. The van der Waals surface area contributed by atoms with Gasteiger partial charge in [-0.2, -0.15) is 0 Å². The monoisotopic (exact) mass is 464 g/mol. The first kappa shape index (κ1) is 22.4. The van der Waals surface area contributed by atoms with Crippen molar-refractivity contribution in [3.05, 3.63) is 102 Å². The molecule has 0 saturated carbocycles. The van der Waals surface area contributed by atoms with Crippen LogP contribution >= 0.6 is 0 Å². The number of hydrogen-bond donors (Lipinski definition) is 0. The Bertz CT molecular complexity index is 1060. The largest absolute Gasteiger partial charge is 0.374 e. The van der Waals surface area contributed by atoms with Crippen molar-refractivity contribution in [2.45, 2.75) is 54.9 Å². The Labute approximate surface area is 197 Å². The maximum absolute atomic E-state index is 13.2. The van der Waals surface area contributed by atoms with Gasteiger partial charge in [-0.15, -0.1) is 0 Å². The van der Waals surface area contributed by atoms with Gasteiger partial charge in [0.25, 0.3) is 0 Å². The van der Waals surface area contributed by atoms with E-state index in [-0.39, 0.29) is 24.4 Å². The number of hydrogen-bond acceptors (Lipinski definition) is 5. The van der Waals surface area contributed by atoms with Crippen molar-refractivity contribution in [1.82, 2.24) is 0 Å². The summed E-state index contributed by atoms with van der Waals surface area (Å²) in [6, 6.07) is 27.8. The predicted molar refractivity (Wildman–Crippen MR) is 126 cm³/mol.